The Bertz CT molecular complexity index is 398. The molecule has 0 aliphatic carbocycles. The minimum Gasteiger partial charge on any atom is -0.357 e. The first-order valence-corrected chi connectivity index (χ1v) is 9.17. The maximum atomic E-state index is 11.6. The number of amides is 1. The maximum Gasteiger partial charge on any atom is 0.222 e. The molecule has 2 heterocycles. The van der Waals surface area contributed by atoms with Gasteiger partial charge in [0.25, 0.3) is 0 Å². The summed E-state index contributed by atoms with van der Waals surface area (Å²) >= 11 is 0. The van der Waals surface area contributed by atoms with Gasteiger partial charge in [-0.3, -0.25) is 9.79 Å². The number of hydrogen-bond acceptors (Lipinski definition) is 3. The summed E-state index contributed by atoms with van der Waals surface area (Å²) < 4.78 is 0. The summed E-state index contributed by atoms with van der Waals surface area (Å²) in [6.45, 7) is 8.88. The first-order valence-electron chi connectivity index (χ1n) is 9.17. The van der Waals surface area contributed by atoms with E-state index in [1.54, 1.807) is 0 Å². The zero-order chi connectivity index (χ0) is 16.5. The van der Waals surface area contributed by atoms with E-state index in [9.17, 15) is 4.79 Å². The van der Waals surface area contributed by atoms with Crippen LogP contribution in [0.15, 0.2) is 4.99 Å². The van der Waals surface area contributed by atoms with Crippen LogP contribution in [0.1, 0.15) is 39.0 Å². The normalized spacial score (nSPS) is 23.4. The third-order valence-corrected chi connectivity index (χ3v) is 4.64. The largest absolute Gasteiger partial charge is 0.357 e. The van der Waals surface area contributed by atoms with Gasteiger partial charge in [-0.2, -0.15) is 0 Å². The Balaban J connectivity index is 1.67. The van der Waals surface area contributed by atoms with Crippen LogP contribution >= 0.6 is 0 Å². The molecule has 132 valence electrons. The smallest absolute Gasteiger partial charge is 0.222 e. The Hall–Kier alpha value is -1.30. The summed E-state index contributed by atoms with van der Waals surface area (Å²) in [6, 6.07) is 0. The standard InChI is InChI=1S/C17H33N5O/c1-3-18-17(20-13-15-7-4-10-21(2)14-15)19-9-6-12-22-11-5-8-16(22)23/h15H,3-14H2,1-2H3,(H2,18,19,20). The highest BCUT2D eigenvalue weighted by atomic mass is 16.2. The summed E-state index contributed by atoms with van der Waals surface area (Å²) in [5, 5.41) is 6.71. The Kier molecular flexibility index (Phi) is 7.65. The van der Waals surface area contributed by atoms with E-state index in [-0.39, 0.29) is 0 Å². The number of rotatable bonds is 7. The zero-order valence-electron chi connectivity index (χ0n) is 14.8. The number of likely N-dealkylation sites (tertiary alicyclic amines) is 2. The molecule has 1 atom stereocenters. The van der Waals surface area contributed by atoms with Gasteiger partial charge in [0.05, 0.1) is 0 Å². The summed E-state index contributed by atoms with van der Waals surface area (Å²) in [7, 11) is 2.19. The van der Waals surface area contributed by atoms with Gasteiger partial charge in [-0.1, -0.05) is 0 Å². The van der Waals surface area contributed by atoms with Crippen molar-refractivity contribution in [3.63, 3.8) is 0 Å². The highest BCUT2D eigenvalue weighted by molar-refractivity contribution is 5.79. The summed E-state index contributed by atoms with van der Waals surface area (Å²) in [5.74, 6) is 1.90. The molecule has 0 aromatic rings. The number of aliphatic imine (C=N–C) groups is 1. The number of guanidine groups is 1. The summed E-state index contributed by atoms with van der Waals surface area (Å²) in [6.07, 6.45) is 5.29. The third kappa shape index (κ3) is 6.37. The molecule has 0 aromatic heterocycles. The van der Waals surface area contributed by atoms with Crippen molar-refractivity contribution in [2.45, 2.75) is 39.0 Å². The molecular weight excluding hydrogens is 290 g/mol. The van der Waals surface area contributed by atoms with E-state index in [0.717, 1.165) is 64.5 Å². The van der Waals surface area contributed by atoms with Crippen LogP contribution < -0.4 is 10.6 Å². The van der Waals surface area contributed by atoms with Gasteiger partial charge in [0.2, 0.25) is 5.91 Å². The second kappa shape index (κ2) is 9.75. The number of carbonyl (C=O) groups excluding carboxylic acids is 1. The quantitative estimate of drug-likeness (QED) is 0.415. The third-order valence-electron chi connectivity index (χ3n) is 4.64. The summed E-state index contributed by atoms with van der Waals surface area (Å²) in [4.78, 5) is 20.7. The van der Waals surface area contributed by atoms with Crippen molar-refractivity contribution in [2.24, 2.45) is 10.9 Å². The van der Waals surface area contributed by atoms with Gasteiger partial charge in [-0.15, -0.1) is 0 Å². The lowest BCUT2D eigenvalue weighted by molar-refractivity contribution is -0.127. The number of piperidine rings is 1. The van der Waals surface area contributed by atoms with Gasteiger partial charge >= 0.3 is 0 Å². The number of hydrogen-bond donors (Lipinski definition) is 2. The van der Waals surface area contributed by atoms with Gasteiger partial charge in [0.1, 0.15) is 0 Å². The average molecular weight is 323 g/mol. The van der Waals surface area contributed by atoms with Gasteiger partial charge < -0.3 is 20.4 Å². The van der Waals surface area contributed by atoms with Crippen molar-refractivity contribution in [3.8, 4) is 0 Å². The molecule has 2 fully saturated rings. The van der Waals surface area contributed by atoms with Crippen molar-refractivity contribution < 1.29 is 4.79 Å². The van der Waals surface area contributed by atoms with E-state index in [1.165, 1.54) is 19.4 Å². The zero-order valence-corrected chi connectivity index (χ0v) is 14.8. The fourth-order valence-electron chi connectivity index (χ4n) is 3.40. The first-order chi connectivity index (χ1) is 11.2. The molecule has 6 heteroatoms. The molecule has 1 amide bonds. The van der Waals surface area contributed by atoms with Gasteiger partial charge in [-0.25, -0.2) is 0 Å². The monoisotopic (exact) mass is 323 g/mol. The molecule has 1 unspecified atom stereocenters. The maximum absolute atomic E-state index is 11.6. The van der Waals surface area contributed by atoms with Crippen LogP contribution in [0.3, 0.4) is 0 Å². The van der Waals surface area contributed by atoms with E-state index in [0.29, 0.717) is 11.8 Å². The van der Waals surface area contributed by atoms with Gasteiger partial charge in [0, 0.05) is 45.7 Å². The lowest BCUT2D eigenvalue weighted by Gasteiger charge is -2.28. The second-order valence-electron chi connectivity index (χ2n) is 6.75. The molecule has 0 saturated carbocycles. The fraction of sp³-hybridized carbons (Fsp3) is 0.882. The topological polar surface area (TPSA) is 60.0 Å². The van der Waals surface area contributed by atoms with Crippen LogP contribution in [0.4, 0.5) is 0 Å². The van der Waals surface area contributed by atoms with E-state index < -0.39 is 0 Å². The number of nitrogens with zero attached hydrogens (tertiary/aromatic N) is 3. The number of carbonyl (C=O) groups is 1. The van der Waals surface area contributed by atoms with Crippen molar-refractivity contribution >= 4 is 11.9 Å². The van der Waals surface area contributed by atoms with Crippen LogP contribution in [0.5, 0.6) is 0 Å². The highest BCUT2D eigenvalue weighted by Gasteiger charge is 2.19. The minimum atomic E-state index is 0.312. The van der Waals surface area contributed by atoms with Gasteiger partial charge in [0.15, 0.2) is 5.96 Å². The van der Waals surface area contributed by atoms with Crippen molar-refractivity contribution in [2.75, 3.05) is 52.9 Å². The molecule has 0 bridgehead atoms. The van der Waals surface area contributed by atoms with Crippen LogP contribution in [-0.4, -0.2) is 74.5 Å². The van der Waals surface area contributed by atoms with Crippen molar-refractivity contribution in [1.29, 1.82) is 0 Å². The summed E-state index contributed by atoms with van der Waals surface area (Å²) in [5.41, 5.74) is 0. The molecule has 2 N–H and O–H groups in total. The van der Waals surface area contributed by atoms with Crippen molar-refractivity contribution in [1.82, 2.24) is 20.4 Å². The number of nitrogens with one attached hydrogen (secondary N) is 2. The lowest BCUT2D eigenvalue weighted by atomic mass is 9.99. The molecule has 0 spiro atoms. The van der Waals surface area contributed by atoms with E-state index in [2.05, 4.69) is 29.5 Å². The molecule has 6 nitrogen and oxygen atoms in total. The molecular formula is C17H33N5O. The van der Waals surface area contributed by atoms with E-state index in [1.807, 2.05) is 4.90 Å². The van der Waals surface area contributed by atoms with E-state index >= 15 is 0 Å². The predicted octanol–water partition coefficient (Wildman–Crippen LogP) is 0.896. The predicted molar refractivity (Wildman–Crippen MR) is 94.6 cm³/mol. The fourth-order valence-corrected chi connectivity index (χ4v) is 3.40. The Morgan fingerprint density at radius 3 is 2.87 bits per heavy atom. The Morgan fingerprint density at radius 1 is 1.30 bits per heavy atom. The molecule has 2 saturated heterocycles. The Labute approximate surface area is 140 Å². The molecule has 2 aliphatic heterocycles. The molecule has 2 aliphatic rings. The lowest BCUT2D eigenvalue weighted by Crippen LogP contribution is -2.40. The molecule has 23 heavy (non-hydrogen) atoms. The average Bonchev–Trinajstić information content (AvgIpc) is 2.94. The first kappa shape index (κ1) is 18.0. The van der Waals surface area contributed by atoms with Crippen LogP contribution in [-0.2, 0) is 4.79 Å². The molecule has 2 rings (SSSR count). The Morgan fingerprint density at radius 2 is 2.17 bits per heavy atom. The minimum absolute atomic E-state index is 0.312. The molecule has 0 radical (unpaired) electrons. The molecule has 0 aromatic carbocycles. The van der Waals surface area contributed by atoms with Crippen LogP contribution in [0.25, 0.3) is 0 Å². The van der Waals surface area contributed by atoms with Crippen LogP contribution in [0, 0.1) is 5.92 Å². The second-order valence-corrected chi connectivity index (χ2v) is 6.75. The van der Waals surface area contributed by atoms with Gasteiger partial charge in [-0.05, 0) is 52.1 Å². The highest BCUT2D eigenvalue weighted by Crippen LogP contribution is 2.15. The van der Waals surface area contributed by atoms with Crippen molar-refractivity contribution in [3.05, 3.63) is 0 Å². The van der Waals surface area contributed by atoms with E-state index in [4.69, 9.17) is 4.99 Å². The van der Waals surface area contributed by atoms with Crippen LogP contribution in [0.2, 0.25) is 0 Å². The SMILES string of the molecule is CCNC(=NCC1CCCN(C)C1)NCCCN1CCCC1=O.